The SMILES string of the molecule is CCC1C=c2ccc(Cl)cc2=c2ccc3c(c21)CCC(Cc1c(C(=O)O)cccc1C(=O)O)C=3.Fc1ccccc1. The van der Waals surface area contributed by atoms with Gasteiger partial charge in [0.2, 0.25) is 0 Å². The van der Waals surface area contributed by atoms with E-state index in [1.807, 2.05) is 12.1 Å². The first kappa shape index (κ1) is 28.3. The molecule has 4 nitrogen and oxygen atoms in total. The Bertz CT molecular complexity index is 1820. The summed E-state index contributed by atoms with van der Waals surface area (Å²) in [7, 11) is 0. The molecule has 2 N–H and O–H groups in total. The average Bonchev–Trinajstić information content (AvgIpc) is 2.97. The third kappa shape index (κ3) is 5.96. The lowest BCUT2D eigenvalue weighted by Gasteiger charge is -2.26. The molecule has 2 aliphatic carbocycles. The molecule has 0 aromatic heterocycles. The zero-order valence-corrected chi connectivity index (χ0v) is 23.4. The molecule has 0 saturated carbocycles. The molecule has 6 rings (SSSR count). The van der Waals surface area contributed by atoms with E-state index < -0.39 is 11.9 Å². The Morgan fingerprint density at radius 1 is 0.854 bits per heavy atom. The second-order valence-corrected chi connectivity index (χ2v) is 10.9. The van der Waals surface area contributed by atoms with Crippen LogP contribution < -0.4 is 10.4 Å². The molecule has 0 radical (unpaired) electrons. The number of aromatic carboxylic acids is 2. The number of carboxylic acid groups (broad SMARTS) is 2. The monoisotopic (exact) mass is 568 g/mol. The normalized spacial score (nSPS) is 16.5. The van der Waals surface area contributed by atoms with Crippen molar-refractivity contribution in [1.82, 2.24) is 0 Å². The van der Waals surface area contributed by atoms with E-state index in [1.165, 1.54) is 57.1 Å². The van der Waals surface area contributed by atoms with Gasteiger partial charge in [-0.1, -0.05) is 73.1 Å². The predicted molar refractivity (Wildman–Crippen MR) is 159 cm³/mol. The molecule has 4 aromatic rings. The number of rotatable bonds is 5. The summed E-state index contributed by atoms with van der Waals surface area (Å²) in [5.41, 5.74) is 3.24. The Hall–Kier alpha value is -4.22. The number of hydrogen-bond donors (Lipinski definition) is 2. The van der Waals surface area contributed by atoms with Crippen molar-refractivity contribution >= 4 is 35.7 Å². The minimum Gasteiger partial charge on any atom is -0.478 e. The third-order valence-electron chi connectivity index (χ3n) is 7.91. The number of carboxylic acids is 2. The highest BCUT2D eigenvalue weighted by molar-refractivity contribution is 6.30. The molecule has 208 valence electrons. The van der Waals surface area contributed by atoms with Crippen LogP contribution in [-0.2, 0) is 12.8 Å². The standard InChI is InChI=1S/C29H25ClO4.C6H5F/c1-2-17-14-19-7-9-20(30)15-25(19)22-11-8-18-12-16(6-10-21(18)27(17)22)13-26-23(28(31)32)4-3-5-24(26)29(33)34;7-6-4-2-1-3-5-6/h3-5,7-9,11-12,14-17H,2,6,10,13H2,1H3,(H,31,32)(H,33,34);1-5H. The van der Waals surface area contributed by atoms with Gasteiger partial charge in [-0.05, 0) is 106 Å². The van der Waals surface area contributed by atoms with Gasteiger partial charge in [0, 0.05) is 10.9 Å². The summed E-state index contributed by atoms with van der Waals surface area (Å²) in [6.07, 6.45) is 7.64. The molecular weight excluding hydrogens is 539 g/mol. The van der Waals surface area contributed by atoms with Crippen LogP contribution in [0.2, 0.25) is 5.02 Å². The van der Waals surface area contributed by atoms with Crippen molar-refractivity contribution in [1.29, 1.82) is 0 Å². The Morgan fingerprint density at radius 3 is 2.15 bits per heavy atom. The van der Waals surface area contributed by atoms with Gasteiger partial charge < -0.3 is 10.2 Å². The van der Waals surface area contributed by atoms with Gasteiger partial charge in [-0.3, -0.25) is 0 Å². The van der Waals surface area contributed by atoms with E-state index in [2.05, 4.69) is 37.3 Å². The lowest BCUT2D eigenvalue weighted by molar-refractivity contribution is 0.0695. The summed E-state index contributed by atoms with van der Waals surface area (Å²) >= 11 is 6.32. The lowest BCUT2D eigenvalue weighted by Crippen LogP contribution is -2.26. The summed E-state index contributed by atoms with van der Waals surface area (Å²) in [4.78, 5) is 23.5. The van der Waals surface area contributed by atoms with Crippen molar-refractivity contribution in [2.75, 3.05) is 0 Å². The van der Waals surface area contributed by atoms with Crippen LogP contribution in [0.15, 0.2) is 78.9 Å². The van der Waals surface area contributed by atoms with E-state index in [0.717, 1.165) is 29.5 Å². The minimum atomic E-state index is -1.10. The first-order valence-corrected chi connectivity index (χ1v) is 14.1. The van der Waals surface area contributed by atoms with Gasteiger partial charge >= 0.3 is 11.9 Å². The van der Waals surface area contributed by atoms with Crippen LogP contribution in [0.3, 0.4) is 0 Å². The highest BCUT2D eigenvalue weighted by Gasteiger charge is 2.25. The van der Waals surface area contributed by atoms with Gasteiger partial charge in [-0.2, -0.15) is 0 Å². The summed E-state index contributed by atoms with van der Waals surface area (Å²) in [5.74, 6) is -1.97. The predicted octanol–water partition coefficient (Wildman–Crippen LogP) is 6.72. The van der Waals surface area contributed by atoms with Gasteiger partial charge in [0.15, 0.2) is 0 Å². The van der Waals surface area contributed by atoms with Crippen LogP contribution in [0, 0.1) is 22.2 Å². The molecule has 0 spiro atoms. The van der Waals surface area contributed by atoms with Crippen LogP contribution in [0.4, 0.5) is 4.39 Å². The highest BCUT2D eigenvalue weighted by Crippen LogP contribution is 2.31. The fourth-order valence-electron chi connectivity index (χ4n) is 6.02. The summed E-state index contributed by atoms with van der Waals surface area (Å²) in [6, 6.07) is 22.8. The fourth-order valence-corrected chi connectivity index (χ4v) is 6.19. The van der Waals surface area contributed by atoms with Gasteiger partial charge in [-0.15, -0.1) is 0 Å². The molecule has 0 amide bonds. The summed E-state index contributed by atoms with van der Waals surface area (Å²) < 4.78 is 11.9. The Morgan fingerprint density at radius 2 is 1.54 bits per heavy atom. The molecule has 6 heteroatoms. The summed E-state index contributed by atoms with van der Waals surface area (Å²) in [6.45, 7) is 2.21. The highest BCUT2D eigenvalue weighted by atomic mass is 35.5. The fraction of sp³-hybridized carbons (Fsp3) is 0.200. The molecule has 0 aliphatic heterocycles. The summed E-state index contributed by atoms with van der Waals surface area (Å²) in [5, 5.41) is 24.8. The third-order valence-corrected chi connectivity index (χ3v) is 8.14. The number of hydrogen-bond acceptors (Lipinski definition) is 2. The van der Waals surface area contributed by atoms with Crippen molar-refractivity contribution in [2.24, 2.45) is 5.92 Å². The maximum atomic E-state index is 11.9. The van der Waals surface area contributed by atoms with E-state index in [-0.39, 0.29) is 22.9 Å². The van der Waals surface area contributed by atoms with Crippen LogP contribution in [0.5, 0.6) is 0 Å². The van der Waals surface area contributed by atoms with Gasteiger partial charge in [0.1, 0.15) is 5.82 Å². The van der Waals surface area contributed by atoms with Crippen molar-refractivity contribution in [3.8, 4) is 0 Å². The van der Waals surface area contributed by atoms with Gasteiger partial charge in [0.25, 0.3) is 0 Å². The molecule has 2 aliphatic rings. The molecule has 0 bridgehead atoms. The second kappa shape index (κ2) is 12.1. The molecule has 2 atom stereocenters. The maximum absolute atomic E-state index is 11.9. The van der Waals surface area contributed by atoms with Gasteiger partial charge in [-0.25, -0.2) is 14.0 Å². The van der Waals surface area contributed by atoms with Crippen molar-refractivity contribution in [2.45, 2.75) is 38.5 Å². The second-order valence-electron chi connectivity index (χ2n) is 10.4. The number of carbonyl (C=O) groups is 2. The zero-order valence-electron chi connectivity index (χ0n) is 22.6. The van der Waals surface area contributed by atoms with Crippen molar-refractivity contribution in [3.63, 3.8) is 0 Å². The van der Waals surface area contributed by atoms with E-state index >= 15 is 0 Å². The first-order valence-electron chi connectivity index (χ1n) is 13.7. The minimum absolute atomic E-state index is 0.0681. The van der Waals surface area contributed by atoms with Crippen LogP contribution in [0.25, 0.3) is 12.2 Å². The van der Waals surface area contributed by atoms with E-state index in [0.29, 0.717) is 17.9 Å². The largest absolute Gasteiger partial charge is 0.478 e. The average molecular weight is 569 g/mol. The zero-order chi connectivity index (χ0) is 29.1. The topological polar surface area (TPSA) is 74.6 Å². The maximum Gasteiger partial charge on any atom is 0.335 e. The molecule has 2 unspecified atom stereocenters. The van der Waals surface area contributed by atoms with E-state index in [4.69, 9.17) is 11.6 Å². The molecule has 0 fully saturated rings. The van der Waals surface area contributed by atoms with E-state index in [1.54, 1.807) is 18.2 Å². The molecule has 4 aromatic carbocycles. The van der Waals surface area contributed by atoms with Crippen molar-refractivity contribution < 1.29 is 24.2 Å². The number of fused-ring (bicyclic) bond motifs is 4. The van der Waals surface area contributed by atoms with Crippen LogP contribution in [-0.4, -0.2) is 22.2 Å². The smallest absolute Gasteiger partial charge is 0.335 e. The molecular formula is C35H30ClFO4. The molecule has 0 heterocycles. The number of halogens is 2. The lowest BCUT2D eigenvalue weighted by atomic mass is 9.78. The Labute approximate surface area is 242 Å². The van der Waals surface area contributed by atoms with E-state index in [9.17, 15) is 24.2 Å². The first-order chi connectivity index (χ1) is 19.8. The quantitative estimate of drug-likeness (QED) is 0.280. The number of benzene rings is 4. The van der Waals surface area contributed by atoms with Crippen LogP contribution in [0.1, 0.15) is 63.1 Å². The Balaban J connectivity index is 0.000000423. The molecule has 41 heavy (non-hydrogen) atoms. The van der Waals surface area contributed by atoms with Gasteiger partial charge in [0.05, 0.1) is 11.1 Å². The van der Waals surface area contributed by atoms with Crippen LogP contribution >= 0.6 is 11.6 Å². The molecule has 0 saturated heterocycles. The van der Waals surface area contributed by atoms with Crippen molar-refractivity contribution in [3.05, 3.63) is 138 Å². The Kier molecular flexibility index (Phi) is 8.36.